The molecule has 0 radical (unpaired) electrons. The predicted molar refractivity (Wildman–Crippen MR) is 106 cm³/mol. The largest absolute Gasteiger partial charge is 0.354 e. The van der Waals surface area contributed by atoms with Gasteiger partial charge < -0.3 is 5.32 Å². The molecule has 1 heterocycles. The van der Waals surface area contributed by atoms with Crippen LogP contribution in [0, 0.1) is 23.6 Å². The smallest absolute Gasteiger partial charge is 0.293 e. The van der Waals surface area contributed by atoms with Crippen LogP contribution in [0.3, 0.4) is 0 Å². The molecule has 1 aromatic carbocycles. The summed E-state index contributed by atoms with van der Waals surface area (Å²) in [5.74, 6) is 1.09. The Morgan fingerprint density at radius 1 is 1.25 bits per heavy atom. The van der Waals surface area contributed by atoms with Crippen LogP contribution < -0.4 is 5.32 Å². The maximum absolute atomic E-state index is 13.8. The molecule has 3 fully saturated rings. The molecule has 2 bridgehead atoms. The number of imide groups is 1. The van der Waals surface area contributed by atoms with Crippen molar-refractivity contribution in [3.05, 3.63) is 40.6 Å². The van der Waals surface area contributed by atoms with Crippen LogP contribution in [0.25, 0.3) is 6.08 Å². The number of hydrogen-bond donors (Lipinski definition) is 1. The van der Waals surface area contributed by atoms with E-state index in [2.05, 4.69) is 5.32 Å². The molecule has 2 saturated carbocycles. The van der Waals surface area contributed by atoms with E-state index in [1.165, 1.54) is 31.4 Å². The van der Waals surface area contributed by atoms with Crippen molar-refractivity contribution in [1.29, 1.82) is 0 Å². The fourth-order valence-corrected chi connectivity index (χ4v) is 5.53. The van der Waals surface area contributed by atoms with E-state index in [-0.39, 0.29) is 29.5 Å². The summed E-state index contributed by atoms with van der Waals surface area (Å²) in [5, 5.41) is 2.44. The molecule has 148 valence electrons. The van der Waals surface area contributed by atoms with Crippen LogP contribution in [0.1, 0.15) is 37.7 Å². The van der Waals surface area contributed by atoms with E-state index >= 15 is 0 Å². The first-order valence-corrected chi connectivity index (χ1v) is 10.6. The number of carbonyl (C=O) groups is 3. The molecule has 3 amide bonds. The fraction of sp³-hybridized carbons (Fsp3) is 0.476. The van der Waals surface area contributed by atoms with Gasteiger partial charge in [-0.3, -0.25) is 19.3 Å². The van der Waals surface area contributed by atoms with Crippen LogP contribution in [-0.4, -0.2) is 35.0 Å². The van der Waals surface area contributed by atoms with Gasteiger partial charge in [-0.25, -0.2) is 4.39 Å². The molecule has 0 spiro atoms. The number of benzene rings is 1. The molecule has 4 rings (SSSR count). The Hall–Kier alpha value is -2.15. The maximum atomic E-state index is 13.8. The second-order valence-corrected chi connectivity index (χ2v) is 8.84. The van der Waals surface area contributed by atoms with Crippen molar-refractivity contribution in [1.82, 2.24) is 10.2 Å². The monoisotopic (exact) mass is 402 g/mol. The Morgan fingerprint density at radius 3 is 2.79 bits per heavy atom. The number of amides is 3. The molecule has 3 aliphatic rings. The summed E-state index contributed by atoms with van der Waals surface area (Å²) < 4.78 is 13.8. The Bertz CT molecular complexity index is 841. The van der Waals surface area contributed by atoms with Gasteiger partial charge in [0.15, 0.2) is 0 Å². The number of carbonyl (C=O) groups excluding carboxylic acids is 3. The Morgan fingerprint density at radius 2 is 2.07 bits per heavy atom. The van der Waals surface area contributed by atoms with Gasteiger partial charge in [-0.2, -0.15) is 0 Å². The first kappa shape index (κ1) is 19.2. The highest BCUT2D eigenvalue weighted by Gasteiger charge is 2.40. The molecule has 0 unspecified atom stereocenters. The molecule has 7 heteroatoms. The zero-order valence-electron chi connectivity index (χ0n) is 15.5. The molecule has 5 nitrogen and oxygen atoms in total. The Labute approximate surface area is 167 Å². The number of hydrogen-bond acceptors (Lipinski definition) is 4. The van der Waals surface area contributed by atoms with Gasteiger partial charge in [-0.1, -0.05) is 24.6 Å². The van der Waals surface area contributed by atoms with Crippen LogP contribution >= 0.6 is 11.8 Å². The fourth-order valence-electron chi connectivity index (χ4n) is 4.67. The molecular weight excluding hydrogens is 379 g/mol. The van der Waals surface area contributed by atoms with Crippen LogP contribution in [0.2, 0.25) is 0 Å². The lowest BCUT2D eigenvalue weighted by atomic mass is 9.86. The normalized spacial score (nSPS) is 27.8. The number of nitrogens with zero attached hydrogens (tertiary/aromatic N) is 1. The van der Waals surface area contributed by atoms with Crippen molar-refractivity contribution in [2.45, 2.75) is 32.1 Å². The zero-order chi connectivity index (χ0) is 19.7. The third-order valence-corrected chi connectivity index (χ3v) is 6.96. The summed E-state index contributed by atoms with van der Waals surface area (Å²) in [4.78, 5) is 38.1. The van der Waals surface area contributed by atoms with Gasteiger partial charge in [0.05, 0.1) is 4.91 Å². The highest BCUT2D eigenvalue weighted by molar-refractivity contribution is 8.18. The molecule has 1 saturated heterocycles. The van der Waals surface area contributed by atoms with Crippen molar-refractivity contribution in [2.24, 2.45) is 17.8 Å². The predicted octanol–water partition coefficient (Wildman–Crippen LogP) is 3.80. The van der Waals surface area contributed by atoms with Crippen LogP contribution in [-0.2, 0) is 9.59 Å². The Balaban J connectivity index is 1.28. The zero-order valence-corrected chi connectivity index (χ0v) is 16.3. The van der Waals surface area contributed by atoms with E-state index in [4.69, 9.17) is 0 Å². The summed E-state index contributed by atoms with van der Waals surface area (Å²) in [6.07, 6.45) is 6.91. The van der Waals surface area contributed by atoms with Crippen molar-refractivity contribution < 1.29 is 18.8 Å². The summed E-state index contributed by atoms with van der Waals surface area (Å²) in [5.41, 5.74) is 0.271. The lowest BCUT2D eigenvalue weighted by Crippen LogP contribution is -2.38. The number of fused-ring (bicyclic) bond motifs is 2. The van der Waals surface area contributed by atoms with Crippen molar-refractivity contribution in [3.8, 4) is 0 Å². The van der Waals surface area contributed by atoms with Crippen molar-refractivity contribution in [2.75, 3.05) is 13.1 Å². The maximum Gasteiger partial charge on any atom is 0.293 e. The standard InChI is InChI=1S/C21H23FN2O3S/c22-17-4-2-1-3-15(17)11-18-20(26)24(21(27)28-18)8-7-23-19(25)12-16-10-13-5-6-14(16)9-13/h1-4,11,13-14,16H,5-10,12H2,(H,23,25)/b18-11+/t13-,14-,16+/m0/s1. The first-order valence-electron chi connectivity index (χ1n) is 9.78. The van der Waals surface area contributed by atoms with Gasteiger partial charge >= 0.3 is 0 Å². The average Bonchev–Trinajstić information content (AvgIpc) is 3.34. The lowest BCUT2D eigenvalue weighted by molar-refractivity contribution is -0.124. The number of thioether (sulfide) groups is 1. The van der Waals surface area contributed by atoms with E-state index in [9.17, 15) is 18.8 Å². The van der Waals surface area contributed by atoms with Gasteiger partial charge in [0.25, 0.3) is 11.1 Å². The van der Waals surface area contributed by atoms with E-state index in [0.717, 1.165) is 29.0 Å². The van der Waals surface area contributed by atoms with Crippen LogP contribution in [0.5, 0.6) is 0 Å². The van der Waals surface area contributed by atoms with Gasteiger partial charge in [0.1, 0.15) is 5.82 Å². The molecule has 28 heavy (non-hydrogen) atoms. The highest BCUT2D eigenvalue weighted by atomic mass is 32.2. The first-order chi connectivity index (χ1) is 13.5. The minimum atomic E-state index is -0.444. The van der Waals surface area contributed by atoms with Crippen LogP contribution in [0.4, 0.5) is 9.18 Å². The summed E-state index contributed by atoms with van der Waals surface area (Å²) >= 11 is 0.798. The minimum Gasteiger partial charge on any atom is -0.354 e. The Kier molecular flexibility index (Phi) is 5.53. The van der Waals surface area contributed by atoms with E-state index in [1.807, 2.05) is 0 Å². The molecule has 1 aliphatic heterocycles. The molecule has 1 aromatic rings. The third-order valence-electron chi connectivity index (χ3n) is 6.06. The van der Waals surface area contributed by atoms with Gasteiger partial charge in [0, 0.05) is 25.1 Å². The number of halogens is 1. The van der Waals surface area contributed by atoms with E-state index < -0.39 is 17.0 Å². The quantitative estimate of drug-likeness (QED) is 0.735. The van der Waals surface area contributed by atoms with E-state index in [1.54, 1.807) is 18.2 Å². The van der Waals surface area contributed by atoms with Crippen LogP contribution in [0.15, 0.2) is 29.2 Å². The topological polar surface area (TPSA) is 66.5 Å². The highest BCUT2D eigenvalue weighted by Crippen LogP contribution is 2.49. The van der Waals surface area contributed by atoms with Crippen molar-refractivity contribution in [3.63, 3.8) is 0 Å². The van der Waals surface area contributed by atoms with Gasteiger partial charge in [-0.15, -0.1) is 0 Å². The summed E-state index contributed by atoms with van der Waals surface area (Å²) in [7, 11) is 0. The van der Waals surface area contributed by atoms with Gasteiger partial charge in [0.2, 0.25) is 5.91 Å². The lowest BCUT2D eigenvalue weighted by Gasteiger charge is -2.21. The molecule has 2 aliphatic carbocycles. The number of rotatable bonds is 6. The molecule has 1 N–H and O–H groups in total. The molecule has 0 aromatic heterocycles. The van der Waals surface area contributed by atoms with Gasteiger partial charge in [-0.05, 0) is 60.9 Å². The second kappa shape index (κ2) is 8.07. The molecule has 3 atom stereocenters. The van der Waals surface area contributed by atoms with E-state index in [0.29, 0.717) is 18.3 Å². The second-order valence-electron chi connectivity index (χ2n) is 7.84. The minimum absolute atomic E-state index is 0.00794. The number of nitrogens with one attached hydrogen (secondary N) is 1. The third kappa shape index (κ3) is 3.99. The SMILES string of the molecule is O=C(C[C@H]1C[C@H]2CC[C@H]1C2)NCCN1C(=O)S/C(=C/c2ccccc2F)C1=O. The summed E-state index contributed by atoms with van der Waals surface area (Å²) in [6, 6.07) is 6.10. The summed E-state index contributed by atoms with van der Waals surface area (Å²) in [6.45, 7) is 0.367. The van der Waals surface area contributed by atoms with Crippen molar-refractivity contribution >= 4 is 34.9 Å². The average molecular weight is 402 g/mol. The molecular formula is C21H23FN2O3S.